The number of fused-ring (bicyclic) bond motifs is 1. The number of aromatic nitrogens is 1. The Balaban J connectivity index is 1.36. The van der Waals surface area contributed by atoms with E-state index in [-0.39, 0.29) is 17.6 Å². The molecule has 0 unspecified atom stereocenters. The molecule has 2 N–H and O–H groups in total. The van der Waals surface area contributed by atoms with Crippen LogP contribution in [0.15, 0.2) is 101 Å². The molecule has 5 aromatic rings. The maximum atomic E-state index is 13.3. The Hall–Kier alpha value is -5.04. The molecular weight excluding hydrogens is 476 g/mol. The Morgan fingerprint density at radius 3 is 2.37 bits per heavy atom. The average Bonchev–Trinajstić information content (AvgIpc) is 3.48. The number of hydrogen-bond acceptors (Lipinski definition) is 5. The maximum Gasteiger partial charge on any atom is 0.291 e. The first-order valence-electron chi connectivity index (χ1n) is 12.2. The standard InChI is InChI=1S/C31H26N4O3/c1-19-10-11-23(17-20(19)2)28-18-26(25-7-4-5-8-27(25)33-28)30(36)35-34-21(3)22-12-14-24(15-13-22)32-31(37)29-9-6-16-38-29/h4-18H,1-3H3,(H,32,37)(H,35,36)/b34-21+. The molecule has 0 saturated carbocycles. The van der Waals surface area contributed by atoms with E-state index >= 15 is 0 Å². The second kappa shape index (κ2) is 10.5. The molecule has 7 nitrogen and oxygen atoms in total. The lowest BCUT2D eigenvalue weighted by Gasteiger charge is -2.11. The summed E-state index contributed by atoms with van der Waals surface area (Å²) in [5.41, 5.74) is 10.0. The van der Waals surface area contributed by atoms with E-state index in [9.17, 15) is 9.59 Å². The van der Waals surface area contributed by atoms with Crippen LogP contribution < -0.4 is 10.7 Å². The summed E-state index contributed by atoms with van der Waals surface area (Å²) < 4.78 is 5.11. The van der Waals surface area contributed by atoms with Crippen molar-refractivity contribution in [3.63, 3.8) is 0 Å². The number of amides is 2. The van der Waals surface area contributed by atoms with Gasteiger partial charge in [0.15, 0.2) is 5.76 Å². The molecule has 2 amide bonds. The van der Waals surface area contributed by atoms with Crippen molar-refractivity contribution < 1.29 is 14.0 Å². The van der Waals surface area contributed by atoms with Crippen molar-refractivity contribution in [2.75, 3.05) is 5.32 Å². The van der Waals surface area contributed by atoms with E-state index in [1.165, 1.54) is 11.8 Å². The summed E-state index contributed by atoms with van der Waals surface area (Å²) in [5.74, 6) is -0.417. The van der Waals surface area contributed by atoms with Gasteiger partial charge in [-0.2, -0.15) is 5.10 Å². The SMILES string of the molecule is C/C(=N\NC(=O)c1cc(-c2ccc(C)c(C)c2)nc2ccccc12)c1ccc(NC(=O)c2ccco2)cc1. The molecule has 0 spiro atoms. The van der Waals surface area contributed by atoms with Crippen molar-refractivity contribution >= 4 is 34.1 Å². The minimum atomic E-state index is -0.329. The number of anilines is 1. The van der Waals surface area contributed by atoms with Gasteiger partial charge in [0, 0.05) is 16.6 Å². The van der Waals surface area contributed by atoms with Crippen molar-refractivity contribution in [2.45, 2.75) is 20.8 Å². The van der Waals surface area contributed by atoms with E-state index in [1.807, 2.05) is 55.5 Å². The number of aryl methyl sites for hydroxylation is 2. The number of nitrogens with zero attached hydrogens (tertiary/aromatic N) is 2. The molecule has 38 heavy (non-hydrogen) atoms. The van der Waals surface area contributed by atoms with E-state index < -0.39 is 0 Å². The quantitative estimate of drug-likeness (QED) is 0.204. The number of carbonyl (C=O) groups excluding carboxylic acids is 2. The van der Waals surface area contributed by atoms with E-state index in [1.54, 1.807) is 24.3 Å². The Morgan fingerprint density at radius 1 is 0.842 bits per heavy atom. The van der Waals surface area contributed by atoms with Gasteiger partial charge in [-0.1, -0.05) is 42.5 Å². The van der Waals surface area contributed by atoms with Crippen LogP contribution in [0.5, 0.6) is 0 Å². The van der Waals surface area contributed by atoms with Crippen LogP contribution in [0.25, 0.3) is 22.2 Å². The second-order valence-corrected chi connectivity index (χ2v) is 9.02. The molecule has 0 bridgehead atoms. The van der Waals surface area contributed by atoms with Gasteiger partial charge in [0.2, 0.25) is 0 Å². The molecule has 0 fully saturated rings. The summed E-state index contributed by atoms with van der Waals surface area (Å²) in [4.78, 5) is 30.2. The molecule has 0 aliphatic carbocycles. The van der Waals surface area contributed by atoms with Crippen LogP contribution in [-0.4, -0.2) is 22.5 Å². The van der Waals surface area contributed by atoms with Crippen LogP contribution in [0.2, 0.25) is 0 Å². The molecule has 2 heterocycles. The number of benzene rings is 3. The van der Waals surface area contributed by atoms with Crippen molar-refractivity contribution in [2.24, 2.45) is 5.10 Å². The zero-order valence-electron chi connectivity index (χ0n) is 21.3. The van der Waals surface area contributed by atoms with Crippen LogP contribution in [0.3, 0.4) is 0 Å². The molecule has 7 heteroatoms. The highest BCUT2D eigenvalue weighted by atomic mass is 16.3. The van der Waals surface area contributed by atoms with Gasteiger partial charge in [0.25, 0.3) is 11.8 Å². The third-order valence-electron chi connectivity index (χ3n) is 6.39. The highest BCUT2D eigenvalue weighted by Gasteiger charge is 2.15. The zero-order valence-corrected chi connectivity index (χ0v) is 21.3. The molecule has 0 radical (unpaired) electrons. The summed E-state index contributed by atoms with van der Waals surface area (Å²) in [5, 5.41) is 7.86. The van der Waals surface area contributed by atoms with Crippen LogP contribution in [0.4, 0.5) is 5.69 Å². The van der Waals surface area contributed by atoms with E-state index in [4.69, 9.17) is 9.40 Å². The third-order valence-corrected chi connectivity index (χ3v) is 6.39. The predicted molar refractivity (Wildman–Crippen MR) is 149 cm³/mol. The Kier molecular flexibility index (Phi) is 6.82. The van der Waals surface area contributed by atoms with Crippen molar-refractivity contribution in [3.8, 4) is 11.3 Å². The normalized spacial score (nSPS) is 11.4. The molecule has 3 aromatic carbocycles. The molecule has 0 aliphatic heterocycles. The number of pyridine rings is 1. The molecule has 0 atom stereocenters. The molecule has 0 aliphatic rings. The highest BCUT2D eigenvalue weighted by molar-refractivity contribution is 6.08. The number of carbonyl (C=O) groups is 2. The Morgan fingerprint density at radius 2 is 1.63 bits per heavy atom. The van der Waals surface area contributed by atoms with E-state index in [2.05, 4.69) is 41.8 Å². The van der Waals surface area contributed by atoms with Crippen LogP contribution >= 0.6 is 0 Å². The fourth-order valence-corrected chi connectivity index (χ4v) is 4.07. The zero-order chi connectivity index (χ0) is 26.6. The Labute approximate surface area is 220 Å². The van der Waals surface area contributed by atoms with Crippen molar-refractivity contribution in [1.82, 2.24) is 10.4 Å². The summed E-state index contributed by atoms with van der Waals surface area (Å²) in [6.45, 7) is 5.93. The number of rotatable bonds is 6. The Bertz CT molecular complexity index is 1670. The largest absolute Gasteiger partial charge is 0.459 e. The first-order chi connectivity index (χ1) is 18.4. The highest BCUT2D eigenvalue weighted by Crippen LogP contribution is 2.26. The molecular formula is C31H26N4O3. The van der Waals surface area contributed by atoms with Gasteiger partial charge in [0.1, 0.15) is 0 Å². The summed E-state index contributed by atoms with van der Waals surface area (Å²) in [6.07, 6.45) is 1.45. The fourth-order valence-electron chi connectivity index (χ4n) is 4.07. The van der Waals surface area contributed by atoms with Gasteiger partial charge in [0.05, 0.1) is 28.7 Å². The number of hydrazone groups is 1. The van der Waals surface area contributed by atoms with Gasteiger partial charge in [-0.05, 0) is 79.9 Å². The first-order valence-corrected chi connectivity index (χ1v) is 12.2. The number of hydrogen-bond donors (Lipinski definition) is 2. The lowest BCUT2D eigenvalue weighted by Crippen LogP contribution is -2.20. The smallest absolute Gasteiger partial charge is 0.291 e. The second-order valence-electron chi connectivity index (χ2n) is 9.02. The molecule has 0 saturated heterocycles. The van der Waals surface area contributed by atoms with Gasteiger partial charge in [-0.15, -0.1) is 0 Å². The number of para-hydroxylation sites is 1. The topological polar surface area (TPSA) is 96.6 Å². The van der Waals surface area contributed by atoms with Gasteiger partial charge < -0.3 is 9.73 Å². The summed E-state index contributed by atoms with van der Waals surface area (Å²) in [7, 11) is 0. The first kappa shape index (κ1) is 24.6. The lowest BCUT2D eigenvalue weighted by atomic mass is 10.0. The summed E-state index contributed by atoms with van der Waals surface area (Å²) >= 11 is 0. The van der Waals surface area contributed by atoms with Crippen LogP contribution in [0, 0.1) is 13.8 Å². The van der Waals surface area contributed by atoms with Gasteiger partial charge in [-0.3, -0.25) is 9.59 Å². The van der Waals surface area contributed by atoms with Gasteiger partial charge >= 0.3 is 0 Å². The lowest BCUT2D eigenvalue weighted by molar-refractivity contribution is 0.0955. The van der Waals surface area contributed by atoms with E-state index in [0.29, 0.717) is 17.0 Å². The van der Waals surface area contributed by atoms with Crippen molar-refractivity contribution in [1.29, 1.82) is 0 Å². The molecule has 2 aromatic heterocycles. The molecule has 5 rings (SSSR count). The number of furan rings is 1. The number of nitrogens with one attached hydrogen (secondary N) is 2. The third kappa shape index (κ3) is 5.22. The van der Waals surface area contributed by atoms with Crippen LogP contribution in [0.1, 0.15) is 44.5 Å². The molecule has 188 valence electrons. The predicted octanol–water partition coefficient (Wildman–Crippen LogP) is 6.52. The monoisotopic (exact) mass is 502 g/mol. The maximum absolute atomic E-state index is 13.3. The minimum Gasteiger partial charge on any atom is -0.459 e. The minimum absolute atomic E-state index is 0.235. The average molecular weight is 503 g/mol. The van der Waals surface area contributed by atoms with E-state index in [0.717, 1.165) is 33.3 Å². The van der Waals surface area contributed by atoms with Crippen LogP contribution in [-0.2, 0) is 0 Å². The van der Waals surface area contributed by atoms with Crippen molar-refractivity contribution in [3.05, 3.63) is 119 Å². The van der Waals surface area contributed by atoms with Gasteiger partial charge in [-0.25, -0.2) is 10.4 Å². The fraction of sp³-hybridized carbons (Fsp3) is 0.0968. The summed E-state index contributed by atoms with van der Waals surface area (Å²) in [6, 6.07) is 26.0.